The smallest absolute Gasteiger partial charge is 0.119 e. The molecule has 1 aromatic carbocycles. The highest BCUT2D eigenvalue weighted by molar-refractivity contribution is 14.1. The van der Waals surface area contributed by atoms with Crippen LogP contribution in [0.4, 0.5) is 0 Å². The third-order valence-corrected chi connectivity index (χ3v) is 2.84. The number of benzene rings is 1. The molecule has 0 fully saturated rings. The van der Waals surface area contributed by atoms with Crippen molar-refractivity contribution in [2.45, 2.75) is 6.04 Å². The molecule has 0 heterocycles. The predicted molar refractivity (Wildman–Crippen MR) is 61.7 cm³/mol. The average molecular weight is 292 g/mol. The summed E-state index contributed by atoms with van der Waals surface area (Å²) in [6.07, 6.45) is 0. The van der Waals surface area contributed by atoms with Crippen molar-refractivity contribution in [1.29, 1.82) is 0 Å². The molecule has 0 aliphatic heterocycles. The lowest BCUT2D eigenvalue weighted by Crippen LogP contribution is -2.21. The van der Waals surface area contributed by atoms with E-state index in [0.29, 0.717) is 6.54 Å². The zero-order chi connectivity index (χ0) is 9.84. The van der Waals surface area contributed by atoms with E-state index in [-0.39, 0.29) is 6.04 Å². The largest absolute Gasteiger partial charge is 0.497 e. The van der Waals surface area contributed by atoms with E-state index < -0.39 is 0 Å². The molecule has 1 aromatic rings. The molecule has 0 saturated carbocycles. The first-order chi connectivity index (χ1) is 6.19. The second kappa shape index (κ2) is 4.78. The number of ether oxygens (including phenoxy) is 1. The van der Waals surface area contributed by atoms with Gasteiger partial charge in [-0.1, -0.05) is 0 Å². The lowest BCUT2D eigenvalue weighted by molar-refractivity contribution is 0.413. The van der Waals surface area contributed by atoms with Crippen molar-refractivity contribution in [3.8, 4) is 5.75 Å². The van der Waals surface area contributed by atoms with Crippen LogP contribution in [0.15, 0.2) is 18.2 Å². The molecule has 3 nitrogen and oxygen atoms in total. The third kappa shape index (κ3) is 2.55. The van der Waals surface area contributed by atoms with Crippen LogP contribution in [-0.2, 0) is 0 Å². The fourth-order valence-electron chi connectivity index (χ4n) is 1.06. The van der Waals surface area contributed by atoms with Crippen LogP contribution in [0.3, 0.4) is 0 Å². The number of rotatable bonds is 3. The zero-order valence-corrected chi connectivity index (χ0v) is 9.61. The molecule has 1 atom stereocenters. The molecule has 13 heavy (non-hydrogen) atoms. The molecule has 0 spiro atoms. The Hall–Kier alpha value is -0.330. The first-order valence-corrected chi connectivity index (χ1v) is 5.06. The van der Waals surface area contributed by atoms with Crippen LogP contribution < -0.4 is 16.2 Å². The molecule has 0 bridgehead atoms. The molecule has 0 saturated heterocycles. The fourth-order valence-corrected chi connectivity index (χ4v) is 1.80. The maximum Gasteiger partial charge on any atom is 0.119 e. The molecule has 0 amide bonds. The Morgan fingerprint density at radius 1 is 1.54 bits per heavy atom. The Balaban J connectivity index is 3.03. The summed E-state index contributed by atoms with van der Waals surface area (Å²) in [6, 6.07) is 5.71. The van der Waals surface area contributed by atoms with Crippen molar-refractivity contribution in [3.05, 3.63) is 27.3 Å². The highest BCUT2D eigenvalue weighted by Crippen LogP contribution is 2.23. The first-order valence-electron chi connectivity index (χ1n) is 3.98. The Morgan fingerprint density at radius 2 is 2.23 bits per heavy atom. The van der Waals surface area contributed by atoms with Crippen LogP contribution in [-0.4, -0.2) is 13.7 Å². The van der Waals surface area contributed by atoms with Crippen molar-refractivity contribution in [2.24, 2.45) is 11.5 Å². The van der Waals surface area contributed by atoms with Gasteiger partial charge >= 0.3 is 0 Å². The van der Waals surface area contributed by atoms with Gasteiger partial charge in [0.2, 0.25) is 0 Å². The SMILES string of the molecule is COc1ccc(I)c([C@@H](N)CN)c1. The van der Waals surface area contributed by atoms with E-state index in [1.807, 2.05) is 18.2 Å². The maximum atomic E-state index is 5.83. The third-order valence-electron chi connectivity index (χ3n) is 1.86. The summed E-state index contributed by atoms with van der Waals surface area (Å²) in [6.45, 7) is 0.448. The minimum Gasteiger partial charge on any atom is -0.497 e. The molecule has 0 unspecified atom stereocenters. The Labute approximate surface area is 91.6 Å². The normalized spacial score (nSPS) is 12.6. The van der Waals surface area contributed by atoms with Gasteiger partial charge in [-0.05, 0) is 46.4 Å². The van der Waals surface area contributed by atoms with Gasteiger partial charge in [-0.25, -0.2) is 0 Å². The second-order valence-electron chi connectivity index (χ2n) is 2.73. The van der Waals surface area contributed by atoms with Crippen LogP contribution in [0.1, 0.15) is 11.6 Å². The molecule has 4 N–H and O–H groups in total. The summed E-state index contributed by atoms with van der Waals surface area (Å²) in [7, 11) is 1.64. The van der Waals surface area contributed by atoms with Crippen LogP contribution in [0, 0.1) is 3.57 Å². The van der Waals surface area contributed by atoms with Crippen molar-refractivity contribution in [2.75, 3.05) is 13.7 Å². The molecule has 0 radical (unpaired) electrons. The molecule has 72 valence electrons. The number of hydrogen-bond donors (Lipinski definition) is 2. The summed E-state index contributed by atoms with van der Waals surface area (Å²) in [5.41, 5.74) is 12.4. The summed E-state index contributed by atoms with van der Waals surface area (Å²) >= 11 is 2.24. The quantitative estimate of drug-likeness (QED) is 0.824. The van der Waals surface area contributed by atoms with Crippen LogP contribution in [0.2, 0.25) is 0 Å². The van der Waals surface area contributed by atoms with Gasteiger partial charge in [0.1, 0.15) is 5.75 Å². The highest BCUT2D eigenvalue weighted by Gasteiger charge is 2.08. The first kappa shape index (κ1) is 10.7. The molecule has 1 rings (SSSR count). The number of nitrogens with two attached hydrogens (primary N) is 2. The van der Waals surface area contributed by atoms with Crippen molar-refractivity contribution in [1.82, 2.24) is 0 Å². The lowest BCUT2D eigenvalue weighted by atomic mass is 10.1. The Bertz CT molecular complexity index is 291. The number of halogens is 1. The van der Waals surface area contributed by atoms with Gasteiger partial charge in [0, 0.05) is 16.2 Å². The van der Waals surface area contributed by atoms with Crippen molar-refractivity contribution >= 4 is 22.6 Å². The Kier molecular flexibility index (Phi) is 3.95. The van der Waals surface area contributed by atoms with E-state index in [4.69, 9.17) is 16.2 Å². The van der Waals surface area contributed by atoms with Gasteiger partial charge in [-0.2, -0.15) is 0 Å². The molecular formula is C9H13IN2O. The van der Waals surface area contributed by atoms with Gasteiger partial charge in [-0.15, -0.1) is 0 Å². The van der Waals surface area contributed by atoms with Crippen LogP contribution >= 0.6 is 22.6 Å². The monoisotopic (exact) mass is 292 g/mol. The van der Waals surface area contributed by atoms with E-state index >= 15 is 0 Å². The van der Waals surface area contributed by atoms with E-state index in [0.717, 1.165) is 14.9 Å². The highest BCUT2D eigenvalue weighted by atomic mass is 127. The molecule has 4 heteroatoms. The van der Waals surface area contributed by atoms with E-state index in [2.05, 4.69) is 22.6 Å². The summed E-state index contributed by atoms with van der Waals surface area (Å²) < 4.78 is 6.23. The average Bonchev–Trinajstić information content (AvgIpc) is 2.17. The Morgan fingerprint density at radius 3 is 2.77 bits per heavy atom. The van der Waals surface area contributed by atoms with Crippen LogP contribution in [0.25, 0.3) is 0 Å². The molecule has 0 aromatic heterocycles. The molecule has 0 aliphatic carbocycles. The second-order valence-corrected chi connectivity index (χ2v) is 3.89. The predicted octanol–water partition coefficient (Wildman–Crippen LogP) is 1.26. The van der Waals surface area contributed by atoms with Gasteiger partial charge in [0.15, 0.2) is 0 Å². The minimum atomic E-state index is -0.109. The van der Waals surface area contributed by atoms with Gasteiger partial charge in [0.25, 0.3) is 0 Å². The maximum absolute atomic E-state index is 5.83. The van der Waals surface area contributed by atoms with E-state index in [1.54, 1.807) is 7.11 Å². The topological polar surface area (TPSA) is 61.3 Å². The van der Waals surface area contributed by atoms with Gasteiger partial charge in [0.05, 0.1) is 7.11 Å². The molecular weight excluding hydrogens is 279 g/mol. The van der Waals surface area contributed by atoms with Crippen molar-refractivity contribution < 1.29 is 4.74 Å². The van der Waals surface area contributed by atoms with Gasteiger partial charge < -0.3 is 16.2 Å². The van der Waals surface area contributed by atoms with E-state index in [1.165, 1.54) is 0 Å². The zero-order valence-electron chi connectivity index (χ0n) is 7.46. The van der Waals surface area contributed by atoms with Gasteiger partial charge in [-0.3, -0.25) is 0 Å². The standard InChI is InChI=1S/C9H13IN2O/c1-13-6-2-3-8(10)7(4-6)9(12)5-11/h2-4,9H,5,11-12H2,1H3/t9-/m0/s1. The fraction of sp³-hybridized carbons (Fsp3) is 0.333. The number of hydrogen-bond acceptors (Lipinski definition) is 3. The van der Waals surface area contributed by atoms with Crippen molar-refractivity contribution in [3.63, 3.8) is 0 Å². The minimum absolute atomic E-state index is 0.109. The number of methoxy groups -OCH3 is 1. The summed E-state index contributed by atoms with van der Waals surface area (Å²) in [5.74, 6) is 0.819. The van der Waals surface area contributed by atoms with E-state index in [9.17, 15) is 0 Å². The summed E-state index contributed by atoms with van der Waals surface area (Å²) in [4.78, 5) is 0. The summed E-state index contributed by atoms with van der Waals surface area (Å²) in [5, 5.41) is 0. The lowest BCUT2D eigenvalue weighted by Gasteiger charge is -2.12. The molecule has 0 aliphatic rings. The van der Waals surface area contributed by atoms with Crippen LogP contribution in [0.5, 0.6) is 5.75 Å².